The topological polar surface area (TPSA) is 18.1 Å². The lowest BCUT2D eigenvalue weighted by Gasteiger charge is -2.07. The van der Waals surface area contributed by atoms with E-state index in [1.54, 1.807) is 6.26 Å². The molecule has 0 saturated heterocycles. The second-order valence-corrected chi connectivity index (χ2v) is 5.51. The second-order valence-electron chi connectivity index (χ2n) is 5.51. The van der Waals surface area contributed by atoms with Crippen LogP contribution < -0.4 is 0 Å². The van der Waals surface area contributed by atoms with Crippen LogP contribution in [0.5, 0.6) is 0 Å². The Bertz CT molecular complexity index is 1080. The van der Waals surface area contributed by atoms with Gasteiger partial charge in [-0.3, -0.25) is 0 Å². The van der Waals surface area contributed by atoms with Gasteiger partial charge in [-0.2, -0.15) is 0 Å². The monoisotopic (exact) mass is 283 g/mol. The zero-order chi connectivity index (χ0) is 14.5. The Morgan fingerprint density at radius 1 is 0.682 bits per heavy atom. The number of furan rings is 1. The molecule has 0 aliphatic heterocycles. The lowest BCUT2D eigenvalue weighted by molar-refractivity contribution is 0.616. The zero-order valence-electron chi connectivity index (χ0n) is 11.9. The number of hydrogen-bond acceptors (Lipinski definition) is 1. The standard InChI is InChI=1S/C20H13NO/c1-3-7-18-16(5-1)17-6-2-4-8-19(17)21(18)15-9-10-20-14(13-15)11-12-22-20/h1-13H. The first-order valence-corrected chi connectivity index (χ1v) is 7.38. The van der Waals surface area contributed by atoms with Crippen LogP contribution in [0.15, 0.2) is 83.5 Å². The van der Waals surface area contributed by atoms with E-state index < -0.39 is 0 Å². The summed E-state index contributed by atoms with van der Waals surface area (Å²) in [5, 5.41) is 3.69. The van der Waals surface area contributed by atoms with Crippen LogP contribution in [-0.2, 0) is 0 Å². The molecule has 0 bridgehead atoms. The molecule has 5 aromatic rings. The molecule has 2 aromatic heterocycles. The minimum absolute atomic E-state index is 0.921. The average molecular weight is 283 g/mol. The molecule has 0 spiro atoms. The van der Waals surface area contributed by atoms with Crippen LogP contribution in [0.1, 0.15) is 0 Å². The normalized spacial score (nSPS) is 11.6. The van der Waals surface area contributed by atoms with Gasteiger partial charge in [0.25, 0.3) is 0 Å². The van der Waals surface area contributed by atoms with E-state index >= 15 is 0 Å². The molecule has 0 atom stereocenters. The molecule has 22 heavy (non-hydrogen) atoms. The van der Waals surface area contributed by atoms with Crippen molar-refractivity contribution in [3.63, 3.8) is 0 Å². The lowest BCUT2D eigenvalue weighted by Crippen LogP contribution is -1.92. The van der Waals surface area contributed by atoms with Crippen molar-refractivity contribution in [3.8, 4) is 5.69 Å². The molecule has 5 rings (SSSR count). The van der Waals surface area contributed by atoms with Crippen LogP contribution in [0.3, 0.4) is 0 Å². The zero-order valence-corrected chi connectivity index (χ0v) is 11.9. The number of fused-ring (bicyclic) bond motifs is 4. The van der Waals surface area contributed by atoms with Crippen molar-refractivity contribution in [1.82, 2.24) is 4.57 Å². The first-order valence-electron chi connectivity index (χ1n) is 7.38. The minimum Gasteiger partial charge on any atom is -0.464 e. The van der Waals surface area contributed by atoms with Gasteiger partial charge in [0.05, 0.1) is 17.3 Å². The molecule has 0 radical (unpaired) electrons. The molecule has 104 valence electrons. The fourth-order valence-electron chi connectivity index (χ4n) is 3.29. The fourth-order valence-corrected chi connectivity index (χ4v) is 3.29. The van der Waals surface area contributed by atoms with E-state index in [1.807, 2.05) is 12.1 Å². The lowest BCUT2D eigenvalue weighted by atomic mass is 10.2. The summed E-state index contributed by atoms with van der Waals surface area (Å²) < 4.78 is 7.77. The third kappa shape index (κ3) is 1.49. The Kier molecular flexibility index (Phi) is 2.25. The third-order valence-electron chi connectivity index (χ3n) is 4.27. The summed E-state index contributed by atoms with van der Waals surface area (Å²) in [6.45, 7) is 0. The fraction of sp³-hybridized carbons (Fsp3) is 0. The molecule has 2 heteroatoms. The molecule has 0 unspecified atom stereocenters. The van der Waals surface area contributed by atoms with Gasteiger partial charge in [0, 0.05) is 21.8 Å². The Labute approximate surface area is 127 Å². The largest absolute Gasteiger partial charge is 0.464 e. The summed E-state index contributed by atoms with van der Waals surface area (Å²) in [4.78, 5) is 0. The molecule has 0 fully saturated rings. The molecular formula is C20H13NO. The van der Waals surface area contributed by atoms with Crippen LogP contribution in [-0.4, -0.2) is 4.57 Å². The summed E-state index contributed by atoms with van der Waals surface area (Å²) in [5.41, 5.74) is 4.54. The molecule has 0 amide bonds. The summed E-state index contributed by atoms with van der Waals surface area (Å²) in [6.07, 6.45) is 1.74. The Morgan fingerprint density at radius 2 is 1.36 bits per heavy atom. The number of nitrogens with zero attached hydrogens (tertiary/aromatic N) is 1. The highest BCUT2D eigenvalue weighted by Gasteiger charge is 2.11. The van der Waals surface area contributed by atoms with Crippen molar-refractivity contribution in [1.29, 1.82) is 0 Å². The van der Waals surface area contributed by atoms with Gasteiger partial charge in [-0.05, 0) is 36.4 Å². The number of benzene rings is 3. The first-order chi connectivity index (χ1) is 10.9. The average Bonchev–Trinajstić information content (AvgIpc) is 3.16. The number of aromatic nitrogens is 1. The van der Waals surface area contributed by atoms with Gasteiger partial charge in [-0.25, -0.2) is 0 Å². The van der Waals surface area contributed by atoms with Crippen LogP contribution in [0.25, 0.3) is 38.5 Å². The van der Waals surface area contributed by atoms with Crippen LogP contribution in [0.2, 0.25) is 0 Å². The summed E-state index contributed by atoms with van der Waals surface area (Å²) in [7, 11) is 0. The molecule has 0 aliphatic rings. The molecular weight excluding hydrogens is 270 g/mol. The van der Waals surface area contributed by atoms with Gasteiger partial charge in [-0.15, -0.1) is 0 Å². The third-order valence-corrected chi connectivity index (χ3v) is 4.27. The van der Waals surface area contributed by atoms with Crippen LogP contribution in [0, 0.1) is 0 Å². The van der Waals surface area contributed by atoms with E-state index in [-0.39, 0.29) is 0 Å². The highest BCUT2D eigenvalue weighted by molar-refractivity contribution is 6.09. The van der Waals surface area contributed by atoms with Gasteiger partial charge in [0.1, 0.15) is 5.58 Å². The molecule has 0 N–H and O–H groups in total. The highest BCUT2D eigenvalue weighted by atomic mass is 16.3. The SMILES string of the molecule is c1ccc2c(c1)c1ccccc1n2-c1ccc2occc2c1. The number of para-hydroxylation sites is 2. The van der Waals surface area contributed by atoms with Crippen LogP contribution >= 0.6 is 0 Å². The molecule has 0 saturated carbocycles. The van der Waals surface area contributed by atoms with Gasteiger partial charge >= 0.3 is 0 Å². The predicted octanol–water partition coefficient (Wildman–Crippen LogP) is 5.53. The van der Waals surface area contributed by atoms with E-state index in [2.05, 4.69) is 65.2 Å². The molecule has 0 aliphatic carbocycles. The summed E-state index contributed by atoms with van der Waals surface area (Å²) in [5.74, 6) is 0. The van der Waals surface area contributed by atoms with Crippen molar-refractivity contribution in [2.24, 2.45) is 0 Å². The Balaban J connectivity index is 1.96. The predicted molar refractivity (Wildman–Crippen MR) is 90.6 cm³/mol. The van der Waals surface area contributed by atoms with Gasteiger partial charge in [0.2, 0.25) is 0 Å². The van der Waals surface area contributed by atoms with Crippen molar-refractivity contribution in [2.45, 2.75) is 0 Å². The van der Waals surface area contributed by atoms with E-state index in [0.717, 1.165) is 16.7 Å². The van der Waals surface area contributed by atoms with Gasteiger partial charge in [-0.1, -0.05) is 36.4 Å². The maximum Gasteiger partial charge on any atom is 0.133 e. The number of hydrogen-bond donors (Lipinski definition) is 0. The number of rotatable bonds is 1. The van der Waals surface area contributed by atoms with E-state index in [4.69, 9.17) is 4.42 Å². The Hall–Kier alpha value is -3.00. The van der Waals surface area contributed by atoms with Crippen molar-refractivity contribution in [2.75, 3.05) is 0 Å². The van der Waals surface area contributed by atoms with Gasteiger partial charge in [0.15, 0.2) is 0 Å². The van der Waals surface area contributed by atoms with E-state index in [0.29, 0.717) is 0 Å². The minimum atomic E-state index is 0.921. The van der Waals surface area contributed by atoms with E-state index in [9.17, 15) is 0 Å². The van der Waals surface area contributed by atoms with Crippen molar-refractivity contribution in [3.05, 3.63) is 79.1 Å². The summed E-state index contributed by atoms with van der Waals surface area (Å²) >= 11 is 0. The maximum absolute atomic E-state index is 5.46. The molecule has 2 heterocycles. The molecule has 3 aromatic carbocycles. The second kappa shape index (κ2) is 4.25. The first kappa shape index (κ1) is 11.6. The Morgan fingerprint density at radius 3 is 2.09 bits per heavy atom. The van der Waals surface area contributed by atoms with E-state index in [1.165, 1.54) is 21.8 Å². The van der Waals surface area contributed by atoms with Crippen molar-refractivity contribution < 1.29 is 4.42 Å². The smallest absolute Gasteiger partial charge is 0.133 e. The quantitative estimate of drug-likeness (QED) is 0.395. The molecule has 2 nitrogen and oxygen atoms in total. The highest BCUT2D eigenvalue weighted by Crippen LogP contribution is 2.32. The maximum atomic E-state index is 5.46. The van der Waals surface area contributed by atoms with Crippen molar-refractivity contribution >= 4 is 32.8 Å². The summed E-state index contributed by atoms with van der Waals surface area (Å²) in [6, 6.07) is 25.4. The van der Waals surface area contributed by atoms with Gasteiger partial charge < -0.3 is 8.98 Å². The van der Waals surface area contributed by atoms with Crippen LogP contribution in [0.4, 0.5) is 0 Å².